The highest BCUT2D eigenvalue weighted by atomic mass is 32.2. The van der Waals surface area contributed by atoms with Crippen molar-refractivity contribution in [1.29, 1.82) is 0 Å². The fourth-order valence-electron chi connectivity index (χ4n) is 2.81. The summed E-state index contributed by atoms with van der Waals surface area (Å²) in [5, 5.41) is 0. The number of nitrogens with one attached hydrogen (secondary N) is 1. The number of amides is 2. The molecule has 1 atom stereocenters. The van der Waals surface area contributed by atoms with Gasteiger partial charge in [0.05, 0.1) is 22.1 Å². The van der Waals surface area contributed by atoms with Crippen LogP contribution in [0, 0.1) is 0 Å². The molecule has 2 aliphatic rings. The van der Waals surface area contributed by atoms with Crippen LogP contribution in [0.1, 0.15) is 19.3 Å². The molecule has 10 heteroatoms. The molecule has 0 bridgehead atoms. The van der Waals surface area contributed by atoms with Crippen LogP contribution in [-0.2, 0) is 29.4 Å². The summed E-state index contributed by atoms with van der Waals surface area (Å²) in [6.45, 7) is 0. The van der Waals surface area contributed by atoms with Gasteiger partial charge in [-0.15, -0.1) is 0 Å². The van der Waals surface area contributed by atoms with Crippen molar-refractivity contribution >= 4 is 37.4 Å². The third-order valence-electron chi connectivity index (χ3n) is 4.01. The quantitative estimate of drug-likeness (QED) is 0.732. The summed E-state index contributed by atoms with van der Waals surface area (Å²) in [6, 6.07) is 4.73. The van der Waals surface area contributed by atoms with Gasteiger partial charge in [0.2, 0.25) is 21.8 Å². The lowest BCUT2D eigenvalue weighted by molar-refractivity contribution is -0.121. The molecule has 1 aromatic carbocycles. The minimum absolute atomic E-state index is 0.0295. The van der Waals surface area contributed by atoms with Gasteiger partial charge in [0.15, 0.2) is 9.84 Å². The predicted molar refractivity (Wildman–Crippen MR) is 85.5 cm³/mol. The van der Waals surface area contributed by atoms with E-state index in [9.17, 15) is 26.4 Å². The molecule has 0 spiro atoms. The molecule has 2 aliphatic heterocycles. The van der Waals surface area contributed by atoms with Crippen molar-refractivity contribution in [3.05, 3.63) is 24.3 Å². The van der Waals surface area contributed by atoms with Crippen molar-refractivity contribution in [2.24, 2.45) is 0 Å². The maximum atomic E-state index is 12.3. The first-order valence-electron chi connectivity index (χ1n) is 7.36. The summed E-state index contributed by atoms with van der Waals surface area (Å²) in [7, 11) is -7.05. The van der Waals surface area contributed by atoms with Crippen LogP contribution in [0.4, 0.5) is 5.69 Å². The SMILES string of the molecule is O=C1CCC(=O)N1c1ccc(S(=O)(=O)NC2CCS(=O)(=O)C2)cc1. The van der Waals surface area contributed by atoms with E-state index in [1.54, 1.807) is 0 Å². The second-order valence-corrected chi connectivity index (χ2v) is 9.78. The molecule has 0 radical (unpaired) electrons. The lowest BCUT2D eigenvalue weighted by Gasteiger charge is -2.15. The molecule has 3 rings (SSSR count). The number of hydrogen-bond acceptors (Lipinski definition) is 6. The molecule has 1 unspecified atom stereocenters. The Bertz CT molecular complexity index is 874. The highest BCUT2D eigenvalue weighted by Crippen LogP contribution is 2.24. The number of hydrogen-bond donors (Lipinski definition) is 1. The van der Waals surface area contributed by atoms with Gasteiger partial charge in [-0.2, -0.15) is 0 Å². The van der Waals surface area contributed by atoms with Crippen LogP contribution in [-0.4, -0.2) is 46.2 Å². The molecule has 1 aromatic rings. The third-order valence-corrected chi connectivity index (χ3v) is 7.32. The molecular weight excluding hydrogens is 356 g/mol. The molecular formula is C14H16N2O6S2. The predicted octanol–water partition coefficient (Wildman–Crippen LogP) is -0.195. The van der Waals surface area contributed by atoms with E-state index >= 15 is 0 Å². The second kappa shape index (κ2) is 5.94. The monoisotopic (exact) mass is 372 g/mol. The highest BCUT2D eigenvalue weighted by molar-refractivity contribution is 7.92. The van der Waals surface area contributed by atoms with E-state index in [0.717, 1.165) is 4.90 Å². The van der Waals surface area contributed by atoms with Crippen LogP contribution in [0.5, 0.6) is 0 Å². The van der Waals surface area contributed by atoms with Gasteiger partial charge in [-0.1, -0.05) is 0 Å². The van der Waals surface area contributed by atoms with Crippen LogP contribution in [0.15, 0.2) is 29.2 Å². The Kier molecular flexibility index (Phi) is 4.22. The number of sulfonamides is 1. The number of sulfone groups is 1. The lowest BCUT2D eigenvalue weighted by Crippen LogP contribution is -2.35. The van der Waals surface area contributed by atoms with Crippen LogP contribution in [0.2, 0.25) is 0 Å². The number of rotatable bonds is 4. The number of nitrogens with zero attached hydrogens (tertiary/aromatic N) is 1. The van der Waals surface area contributed by atoms with E-state index in [0.29, 0.717) is 5.69 Å². The summed E-state index contributed by atoms with van der Waals surface area (Å²) >= 11 is 0. The normalized spacial score (nSPS) is 23.8. The first-order valence-corrected chi connectivity index (χ1v) is 10.7. The molecule has 2 heterocycles. The maximum absolute atomic E-state index is 12.3. The van der Waals surface area contributed by atoms with Crippen molar-refractivity contribution in [1.82, 2.24) is 4.72 Å². The number of carbonyl (C=O) groups is 2. The fraction of sp³-hybridized carbons (Fsp3) is 0.429. The van der Waals surface area contributed by atoms with Crippen molar-refractivity contribution < 1.29 is 26.4 Å². The van der Waals surface area contributed by atoms with E-state index in [1.165, 1.54) is 24.3 Å². The van der Waals surface area contributed by atoms with E-state index < -0.39 is 25.9 Å². The average molecular weight is 372 g/mol. The van der Waals surface area contributed by atoms with Crippen LogP contribution < -0.4 is 9.62 Å². The Labute approximate surface area is 139 Å². The molecule has 2 fully saturated rings. The van der Waals surface area contributed by atoms with E-state index in [2.05, 4.69) is 4.72 Å². The fourth-order valence-corrected chi connectivity index (χ4v) is 5.86. The van der Waals surface area contributed by atoms with Gasteiger partial charge in [0, 0.05) is 18.9 Å². The van der Waals surface area contributed by atoms with Gasteiger partial charge < -0.3 is 0 Å². The Balaban J connectivity index is 1.77. The number of benzene rings is 1. The first kappa shape index (κ1) is 17.1. The van der Waals surface area contributed by atoms with Gasteiger partial charge in [0.1, 0.15) is 0 Å². The van der Waals surface area contributed by atoms with E-state index in [-0.39, 0.29) is 47.5 Å². The molecule has 0 aliphatic carbocycles. The summed E-state index contributed by atoms with van der Waals surface area (Å²) in [5.41, 5.74) is 0.324. The largest absolute Gasteiger partial charge is 0.274 e. The smallest absolute Gasteiger partial charge is 0.240 e. The zero-order valence-corrected chi connectivity index (χ0v) is 14.3. The van der Waals surface area contributed by atoms with E-state index in [4.69, 9.17) is 0 Å². The minimum atomic E-state index is -3.86. The Morgan fingerprint density at radius 2 is 1.62 bits per heavy atom. The third kappa shape index (κ3) is 3.35. The summed E-state index contributed by atoms with van der Waals surface area (Å²) in [6.07, 6.45) is 0.545. The van der Waals surface area contributed by atoms with Crippen molar-refractivity contribution in [3.63, 3.8) is 0 Å². The summed E-state index contributed by atoms with van der Waals surface area (Å²) in [5.74, 6) is -0.867. The van der Waals surface area contributed by atoms with Crippen LogP contribution in [0.25, 0.3) is 0 Å². The lowest BCUT2D eigenvalue weighted by atomic mass is 10.3. The number of carbonyl (C=O) groups excluding carboxylic acids is 2. The molecule has 0 aromatic heterocycles. The molecule has 0 saturated carbocycles. The molecule has 130 valence electrons. The van der Waals surface area contributed by atoms with Crippen molar-refractivity contribution in [3.8, 4) is 0 Å². The molecule has 8 nitrogen and oxygen atoms in total. The van der Waals surface area contributed by atoms with Gasteiger partial charge in [-0.05, 0) is 30.7 Å². The maximum Gasteiger partial charge on any atom is 0.240 e. The first-order chi connectivity index (χ1) is 11.2. The highest BCUT2D eigenvalue weighted by Gasteiger charge is 2.32. The van der Waals surface area contributed by atoms with Gasteiger partial charge in [-0.25, -0.2) is 21.6 Å². The number of imide groups is 1. The Hall–Kier alpha value is -1.78. The Morgan fingerprint density at radius 1 is 1.04 bits per heavy atom. The number of anilines is 1. The zero-order valence-electron chi connectivity index (χ0n) is 12.6. The molecule has 2 amide bonds. The molecule has 24 heavy (non-hydrogen) atoms. The molecule has 2 saturated heterocycles. The summed E-state index contributed by atoms with van der Waals surface area (Å²) < 4.78 is 49.8. The minimum Gasteiger partial charge on any atom is -0.274 e. The van der Waals surface area contributed by atoms with Gasteiger partial charge in [-0.3, -0.25) is 14.5 Å². The van der Waals surface area contributed by atoms with Crippen LogP contribution in [0.3, 0.4) is 0 Å². The zero-order chi connectivity index (χ0) is 17.5. The standard InChI is InChI=1S/C14H16N2O6S2/c17-13-5-6-14(18)16(13)11-1-3-12(4-2-11)24(21,22)15-10-7-8-23(19,20)9-10/h1-4,10,15H,5-9H2. The van der Waals surface area contributed by atoms with Crippen LogP contribution >= 0.6 is 0 Å². The Morgan fingerprint density at radius 3 is 2.12 bits per heavy atom. The summed E-state index contributed by atoms with van der Waals surface area (Å²) in [4.78, 5) is 24.3. The topological polar surface area (TPSA) is 118 Å². The van der Waals surface area contributed by atoms with Gasteiger partial charge in [0.25, 0.3) is 0 Å². The molecule has 1 N–H and O–H groups in total. The van der Waals surface area contributed by atoms with Crippen molar-refractivity contribution in [2.75, 3.05) is 16.4 Å². The van der Waals surface area contributed by atoms with Gasteiger partial charge >= 0.3 is 0 Å². The average Bonchev–Trinajstić information content (AvgIpc) is 3.00. The second-order valence-electron chi connectivity index (χ2n) is 5.84. The van der Waals surface area contributed by atoms with Crippen molar-refractivity contribution in [2.45, 2.75) is 30.2 Å². The van der Waals surface area contributed by atoms with E-state index in [1.807, 2.05) is 0 Å².